The van der Waals surface area contributed by atoms with Gasteiger partial charge >= 0.3 is 6.61 Å². The van der Waals surface area contributed by atoms with Crippen LogP contribution in [0.25, 0.3) is 6.08 Å². The lowest BCUT2D eigenvalue weighted by atomic mass is 9.99. The van der Waals surface area contributed by atoms with E-state index >= 15 is 0 Å². The first-order chi connectivity index (χ1) is 12.5. The van der Waals surface area contributed by atoms with Gasteiger partial charge in [0, 0.05) is 12.0 Å². The van der Waals surface area contributed by atoms with Crippen LogP contribution in [0.4, 0.5) is 13.2 Å². The molecule has 0 N–H and O–H groups in total. The summed E-state index contributed by atoms with van der Waals surface area (Å²) in [7, 11) is 1.34. The van der Waals surface area contributed by atoms with E-state index in [1.54, 1.807) is 12.1 Å². The average molecular weight is 364 g/mol. The fourth-order valence-corrected chi connectivity index (χ4v) is 2.67. The van der Waals surface area contributed by atoms with Gasteiger partial charge in [-0.1, -0.05) is 6.07 Å². The Morgan fingerprint density at radius 1 is 1.15 bits per heavy atom. The van der Waals surface area contributed by atoms with Crippen molar-refractivity contribution in [1.82, 2.24) is 0 Å². The van der Waals surface area contributed by atoms with Gasteiger partial charge in [0.05, 0.1) is 19.3 Å². The smallest absolute Gasteiger partial charge is 0.387 e. The molecule has 2 aromatic rings. The molecule has 136 valence electrons. The minimum atomic E-state index is -3.01. The number of alkyl halides is 2. The molecule has 3 rings (SSSR count). The molecule has 2 aromatic carbocycles. The molecule has 0 atom stereocenters. The van der Waals surface area contributed by atoms with E-state index < -0.39 is 12.4 Å². The Balaban J connectivity index is 1.97. The maximum Gasteiger partial charge on any atom is 0.387 e. The summed E-state index contributed by atoms with van der Waals surface area (Å²) in [5.41, 5.74) is 0.985. The summed E-state index contributed by atoms with van der Waals surface area (Å²) in [6.45, 7) is -2.76. The van der Waals surface area contributed by atoms with E-state index in [2.05, 4.69) is 4.74 Å². The van der Waals surface area contributed by atoms with E-state index in [0.717, 1.165) is 6.07 Å². The third-order valence-corrected chi connectivity index (χ3v) is 3.85. The zero-order chi connectivity index (χ0) is 18.7. The van der Waals surface area contributed by atoms with Crippen LogP contribution in [-0.4, -0.2) is 26.1 Å². The lowest BCUT2D eigenvalue weighted by molar-refractivity contribution is -0.0512. The summed E-state index contributed by atoms with van der Waals surface area (Å²) >= 11 is 0. The minimum Gasteiger partial charge on any atom is -0.493 e. The Labute approximate surface area is 147 Å². The Bertz CT molecular complexity index is 862. The molecular formula is C19H15F3O4. The number of hydrogen-bond donors (Lipinski definition) is 0. The van der Waals surface area contributed by atoms with Crippen molar-refractivity contribution in [3.63, 3.8) is 0 Å². The van der Waals surface area contributed by atoms with E-state index in [9.17, 15) is 18.0 Å². The number of carbonyl (C=O) groups excluding carboxylic acids is 1. The number of hydrogen-bond acceptors (Lipinski definition) is 4. The molecule has 0 radical (unpaired) electrons. The SMILES string of the molecule is COc1ccc(C=C2CCOc3ccc(F)cc3C2=O)cc1OC(F)F. The highest BCUT2D eigenvalue weighted by Gasteiger charge is 2.22. The van der Waals surface area contributed by atoms with Gasteiger partial charge in [0.25, 0.3) is 0 Å². The number of fused-ring (bicyclic) bond motifs is 1. The highest BCUT2D eigenvalue weighted by atomic mass is 19.3. The monoisotopic (exact) mass is 364 g/mol. The number of halogens is 3. The molecule has 0 aliphatic carbocycles. The Morgan fingerprint density at radius 2 is 1.96 bits per heavy atom. The van der Waals surface area contributed by atoms with E-state index in [1.807, 2.05) is 0 Å². The highest BCUT2D eigenvalue weighted by molar-refractivity contribution is 6.13. The summed E-state index contributed by atoms with van der Waals surface area (Å²) in [4.78, 5) is 12.7. The number of ether oxygens (including phenoxy) is 3. The van der Waals surface area contributed by atoms with Crippen LogP contribution in [0.1, 0.15) is 22.3 Å². The first kappa shape index (κ1) is 17.8. The molecule has 0 spiro atoms. The van der Waals surface area contributed by atoms with Crippen LogP contribution in [0.2, 0.25) is 0 Å². The molecule has 0 saturated carbocycles. The third kappa shape index (κ3) is 3.82. The Kier molecular flexibility index (Phi) is 5.16. The van der Waals surface area contributed by atoms with Gasteiger partial charge < -0.3 is 14.2 Å². The van der Waals surface area contributed by atoms with Gasteiger partial charge in [-0.15, -0.1) is 0 Å². The number of Topliss-reactive ketones (excluding diaryl/α,β-unsaturated/α-hetero) is 1. The van der Waals surface area contributed by atoms with Crippen molar-refractivity contribution in [2.24, 2.45) is 0 Å². The van der Waals surface area contributed by atoms with E-state index in [0.29, 0.717) is 23.3 Å². The molecule has 0 aromatic heterocycles. The number of rotatable bonds is 4. The second-order valence-electron chi connectivity index (χ2n) is 5.53. The largest absolute Gasteiger partial charge is 0.493 e. The van der Waals surface area contributed by atoms with Crippen molar-refractivity contribution < 1.29 is 32.2 Å². The molecule has 1 aliphatic rings. The fourth-order valence-electron chi connectivity index (χ4n) is 2.67. The maximum absolute atomic E-state index is 13.5. The molecule has 0 unspecified atom stereocenters. The second kappa shape index (κ2) is 7.51. The molecule has 1 heterocycles. The quantitative estimate of drug-likeness (QED) is 0.750. The Hall–Kier alpha value is -2.96. The molecule has 0 amide bonds. The van der Waals surface area contributed by atoms with Crippen LogP contribution in [-0.2, 0) is 0 Å². The average Bonchev–Trinajstić information content (AvgIpc) is 2.75. The second-order valence-corrected chi connectivity index (χ2v) is 5.53. The van der Waals surface area contributed by atoms with Crippen molar-refractivity contribution in [3.05, 3.63) is 58.9 Å². The minimum absolute atomic E-state index is 0.131. The molecule has 0 saturated heterocycles. The zero-order valence-corrected chi connectivity index (χ0v) is 13.8. The van der Waals surface area contributed by atoms with E-state index in [4.69, 9.17) is 9.47 Å². The van der Waals surface area contributed by atoms with Crippen molar-refractivity contribution >= 4 is 11.9 Å². The van der Waals surface area contributed by atoms with Crippen LogP contribution >= 0.6 is 0 Å². The summed E-state index contributed by atoms with van der Waals surface area (Å²) in [6.07, 6.45) is 1.84. The van der Waals surface area contributed by atoms with Crippen molar-refractivity contribution in [2.75, 3.05) is 13.7 Å². The molecular weight excluding hydrogens is 349 g/mol. The lowest BCUT2D eigenvalue weighted by Crippen LogP contribution is -2.04. The Morgan fingerprint density at radius 3 is 2.69 bits per heavy atom. The lowest BCUT2D eigenvalue weighted by Gasteiger charge is -2.11. The van der Waals surface area contributed by atoms with Crippen LogP contribution in [0.15, 0.2) is 42.0 Å². The van der Waals surface area contributed by atoms with Gasteiger partial charge in [-0.05, 0) is 42.0 Å². The van der Waals surface area contributed by atoms with E-state index in [1.165, 1.54) is 31.4 Å². The zero-order valence-electron chi connectivity index (χ0n) is 13.8. The predicted octanol–water partition coefficient (Wildman–Crippen LogP) is 4.48. The molecule has 0 bridgehead atoms. The van der Waals surface area contributed by atoms with Crippen molar-refractivity contribution in [2.45, 2.75) is 13.0 Å². The number of ketones is 1. The van der Waals surface area contributed by atoms with Crippen LogP contribution in [0, 0.1) is 5.82 Å². The summed E-state index contributed by atoms with van der Waals surface area (Å²) in [5.74, 6) is -0.588. The van der Waals surface area contributed by atoms with Gasteiger partial charge in [-0.2, -0.15) is 8.78 Å². The van der Waals surface area contributed by atoms with Crippen molar-refractivity contribution in [3.8, 4) is 17.2 Å². The van der Waals surface area contributed by atoms with Gasteiger partial charge in [0.15, 0.2) is 17.3 Å². The first-order valence-electron chi connectivity index (χ1n) is 7.78. The van der Waals surface area contributed by atoms with Crippen molar-refractivity contribution in [1.29, 1.82) is 0 Å². The first-order valence-corrected chi connectivity index (χ1v) is 7.78. The molecule has 7 heteroatoms. The normalized spacial score (nSPS) is 15.4. The maximum atomic E-state index is 13.5. The van der Waals surface area contributed by atoms with Crippen LogP contribution < -0.4 is 14.2 Å². The molecule has 0 fully saturated rings. The summed E-state index contributed by atoms with van der Waals surface area (Å²) in [6, 6.07) is 8.18. The van der Waals surface area contributed by atoms with E-state index in [-0.39, 0.29) is 29.5 Å². The fraction of sp³-hybridized carbons (Fsp3) is 0.211. The topological polar surface area (TPSA) is 44.8 Å². The molecule has 1 aliphatic heterocycles. The van der Waals surface area contributed by atoms with Gasteiger partial charge in [0.1, 0.15) is 11.6 Å². The number of carbonyl (C=O) groups is 1. The number of benzene rings is 2. The van der Waals surface area contributed by atoms with Gasteiger partial charge in [-0.3, -0.25) is 4.79 Å². The van der Waals surface area contributed by atoms with Crippen LogP contribution in [0.3, 0.4) is 0 Å². The molecule has 26 heavy (non-hydrogen) atoms. The standard InChI is InChI=1S/C19H15F3O4/c1-24-16-4-2-11(9-17(16)26-19(21)22)8-12-6-7-25-15-5-3-13(20)10-14(15)18(12)23/h2-5,8-10,19H,6-7H2,1H3. The predicted molar refractivity (Wildman–Crippen MR) is 88.4 cm³/mol. The third-order valence-electron chi connectivity index (χ3n) is 3.85. The molecule has 4 nitrogen and oxygen atoms in total. The van der Waals surface area contributed by atoms with Crippen LogP contribution in [0.5, 0.6) is 17.2 Å². The van der Waals surface area contributed by atoms with Gasteiger partial charge in [0.2, 0.25) is 0 Å². The summed E-state index contributed by atoms with van der Waals surface area (Å²) in [5, 5.41) is 0. The summed E-state index contributed by atoms with van der Waals surface area (Å²) < 4.78 is 53.5. The number of methoxy groups -OCH3 is 1. The highest BCUT2D eigenvalue weighted by Crippen LogP contribution is 2.32. The van der Waals surface area contributed by atoms with Gasteiger partial charge in [-0.25, -0.2) is 4.39 Å².